The Morgan fingerprint density at radius 1 is 1.00 bits per heavy atom. The van der Waals surface area contributed by atoms with E-state index in [9.17, 15) is 9.59 Å². The zero-order chi connectivity index (χ0) is 19.9. The number of nitrogens with one attached hydrogen (secondary N) is 1. The molecule has 0 unspecified atom stereocenters. The van der Waals surface area contributed by atoms with Crippen LogP contribution in [0.15, 0.2) is 77.7 Å². The molecule has 0 saturated carbocycles. The molecule has 1 N–H and O–H groups in total. The largest absolute Gasteiger partial charge is 0.497 e. The monoisotopic (exact) mass is 411 g/mol. The van der Waals surface area contributed by atoms with E-state index in [1.165, 1.54) is 11.8 Å². The number of hydrogen-bond acceptors (Lipinski definition) is 4. The van der Waals surface area contributed by atoms with Crippen LogP contribution in [-0.2, 0) is 0 Å². The number of methoxy groups -OCH3 is 1. The molecule has 0 fully saturated rings. The standard InChI is InChI=1S/C22H18ClNO3S/c1-27-17-6-4-5-15(13-17)22(26)24-16-9-11-18(12-10-16)28-14-21(25)19-7-2-3-8-20(19)23/h2-13H,14H2,1H3,(H,24,26). The van der Waals surface area contributed by atoms with Gasteiger partial charge in [0.05, 0.1) is 17.9 Å². The predicted molar refractivity (Wildman–Crippen MR) is 114 cm³/mol. The van der Waals surface area contributed by atoms with Crippen molar-refractivity contribution in [2.45, 2.75) is 4.90 Å². The maximum Gasteiger partial charge on any atom is 0.255 e. The number of Topliss-reactive ketones (excluding diaryl/α,β-unsaturated/α-hetero) is 1. The molecule has 0 radical (unpaired) electrons. The summed E-state index contributed by atoms with van der Waals surface area (Å²) in [4.78, 5) is 25.6. The summed E-state index contributed by atoms with van der Waals surface area (Å²) < 4.78 is 5.14. The number of rotatable bonds is 7. The van der Waals surface area contributed by atoms with E-state index >= 15 is 0 Å². The second-order valence-corrected chi connectivity index (χ2v) is 7.36. The van der Waals surface area contributed by atoms with Gasteiger partial charge in [-0.15, -0.1) is 11.8 Å². The Morgan fingerprint density at radius 2 is 1.75 bits per heavy atom. The highest BCUT2D eigenvalue weighted by atomic mass is 35.5. The smallest absolute Gasteiger partial charge is 0.255 e. The molecule has 0 saturated heterocycles. The summed E-state index contributed by atoms with van der Waals surface area (Å²) in [5.74, 6) is 0.681. The van der Waals surface area contributed by atoms with Gasteiger partial charge in [-0.3, -0.25) is 9.59 Å². The summed E-state index contributed by atoms with van der Waals surface area (Å²) in [6.07, 6.45) is 0. The Hall–Kier alpha value is -2.76. The van der Waals surface area contributed by atoms with Crippen LogP contribution in [-0.4, -0.2) is 24.6 Å². The molecule has 0 atom stereocenters. The molecule has 0 spiro atoms. The Labute approximate surface area is 172 Å². The SMILES string of the molecule is COc1cccc(C(=O)Nc2ccc(SCC(=O)c3ccccc3Cl)cc2)c1. The minimum atomic E-state index is -0.215. The van der Waals surface area contributed by atoms with E-state index in [2.05, 4.69) is 5.32 Å². The van der Waals surface area contributed by atoms with E-state index in [1.807, 2.05) is 12.1 Å². The molecular weight excluding hydrogens is 394 g/mol. The van der Waals surface area contributed by atoms with Gasteiger partial charge < -0.3 is 10.1 Å². The Morgan fingerprint density at radius 3 is 2.46 bits per heavy atom. The highest BCUT2D eigenvalue weighted by molar-refractivity contribution is 8.00. The van der Waals surface area contributed by atoms with Gasteiger partial charge in [-0.25, -0.2) is 0 Å². The molecular formula is C22H18ClNO3S. The van der Waals surface area contributed by atoms with E-state index in [1.54, 1.807) is 67.8 Å². The molecule has 28 heavy (non-hydrogen) atoms. The third kappa shape index (κ3) is 5.15. The number of anilines is 1. The van der Waals surface area contributed by atoms with Crippen LogP contribution in [0.5, 0.6) is 5.75 Å². The number of ketones is 1. The number of benzene rings is 3. The number of halogens is 1. The van der Waals surface area contributed by atoms with Crippen molar-refractivity contribution < 1.29 is 14.3 Å². The number of ether oxygens (including phenoxy) is 1. The van der Waals surface area contributed by atoms with Gasteiger partial charge in [0, 0.05) is 21.7 Å². The molecule has 6 heteroatoms. The van der Waals surface area contributed by atoms with Crippen molar-refractivity contribution in [3.05, 3.63) is 88.9 Å². The molecule has 1 amide bonds. The van der Waals surface area contributed by atoms with Crippen LogP contribution in [0.3, 0.4) is 0 Å². The molecule has 3 rings (SSSR count). The summed E-state index contributed by atoms with van der Waals surface area (Å²) in [7, 11) is 1.56. The lowest BCUT2D eigenvalue weighted by atomic mass is 10.1. The van der Waals surface area contributed by atoms with Gasteiger partial charge in [-0.2, -0.15) is 0 Å². The van der Waals surface area contributed by atoms with E-state index in [-0.39, 0.29) is 11.7 Å². The fraction of sp³-hybridized carbons (Fsp3) is 0.0909. The van der Waals surface area contributed by atoms with Crippen LogP contribution < -0.4 is 10.1 Å². The van der Waals surface area contributed by atoms with E-state index in [0.29, 0.717) is 33.3 Å². The number of carbonyl (C=O) groups is 2. The molecule has 3 aromatic carbocycles. The maximum absolute atomic E-state index is 12.3. The maximum atomic E-state index is 12.3. The molecule has 0 aliphatic carbocycles. The Kier molecular flexibility index (Phi) is 6.74. The zero-order valence-electron chi connectivity index (χ0n) is 15.1. The van der Waals surface area contributed by atoms with Gasteiger partial charge >= 0.3 is 0 Å². The molecule has 4 nitrogen and oxygen atoms in total. The van der Waals surface area contributed by atoms with E-state index in [4.69, 9.17) is 16.3 Å². The third-order valence-electron chi connectivity index (χ3n) is 3.99. The lowest BCUT2D eigenvalue weighted by Crippen LogP contribution is -2.11. The van der Waals surface area contributed by atoms with Crippen molar-refractivity contribution in [2.24, 2.45) is 0 Å². The van der Waals surface area contributed by atoms with Crippen molar-refractivity contribution in [3.63, 3.8) is 0 Å². The highest BCUT2D eigenvalue weighted by Gasteiger charge is 2.11. The molecule has 3 aromatic rings. The Bertz CT molecular complexity index is 989. The fourth-order valence-corrected chi connectivity index (χ4v) is 3.54. The van der Waals surface area contributed by atoms with Crippen LogP contribution in [0.25, 0.3) is 0 Å². The minimum Gasteiger partial charge on any atom is -0.497 e. The quantitative estimate of drug-likeness (QED) is 0.407. The molecule has 0 aliphatic rings. The highest BCUT2D eigenvalue weighted by Crippen LogP contribution is 2.24. The topological polar surface area (TPSA) is 55.4 Å². The van der Waals surface area contributed by atoms with Crippen LogP contribution in [0.4, 0.5) is 5.69 Å². The third-order valence-corrected chi connectivity index (χ3v) is 5.33. The van der Waals surface area contributed by atoms with Gasteiger partial charge in [0.1, 0.15) is 5.75 Å². The van der Waals surface area contributed by atoms with Crippen molar-refractivity contribution >= 4 is 40.7 Å². The van der Waals surface area contributed by atoms with Gasteiger partial charge in [-0.05, 0) is 54.6 Å². The second kappa shape index (κ2) is 9.44. The lowest BCUT2D eigenvalue weighted by molar-refractivity contribution is 0.101. The number of carbonyl (C=O) groups excluding carboxylic acids is 2. The average molecular weight is 412 g/mol. The predicted octanol–water partition coefficient (Wildman–Crippen LogP) is 5.58. The lowest BCUT2D eigenvalue weighted by Gasteiger charge is -2.08. The van der Waals surface area contributed by atoms with Gasteiger partial charge in [0.2, 0.25) is 0 Å². The van der Waals surface area contributed by atoms with E-state index in [0.717, 1.165) is 4.90 Å². The molecule has 142 valence electrons. The van der Waals surface area contributed by atoms with Crippen molar-refractivity contribution in [3.8, 4) is 5.75 Å². The van der Waals surface area contributed by atoms with Crippen LogP contribution in [0.2, 0.25) is 5.02 Å². The van der Waals surface area contributed by atoms with Gasteiger partial charge in [0.15, 0.2) is 5.78 Å². The van der Waals surface area contributed by atoms with Gasteiger partial charge in [0.25, 0.3) is 5.91 Å². The summed E-state index contributed by atoms with van der Waals surface area (Å²) >= 11 is 7.49. The first kappa shape index (κ1) is 20.0. The molecule has 0 bridgehead atoms. The molecule has 0 aliphatic heterocycles. The Balaban J connectivity index is 1.58. The van der Waals surface area contributed by atoms with Crippen LogP contribution >= 0.6 is 23.4 Å². The summed E-state index contributed by atoms with van der Waals surface area (Å²) in [5.41, 5.74) is 1.72. The molecule has 0 heterocycles. The first-order chi connectivity index (χ1) is 13.6. The van der Waals surface area contributed by atoms with Crippen LogP contribution in [0.1, 0.15) is 20.7 Å². The van der Waals surface area contributed by atoms with Crippen molar-refractivity contribution in [1.29, 1.82) is 0 Å². The zero-order valence-corrected chi connectivity index (χ0v) is 16.7. The van der Waals surface area contributed by atoms with Crippen molar-refractivity contribution in [2.75, 3.05) is 18.2 Å². The first-order valence-corrected chi connectivity index (χ1v) is 9.89. The van der Waals surface area contributed by atoms with Crippen molar-refractivity contribution in [1.82, 2.24) is 0 Å². The molecule has 0 aromatic heterocycles. The number of thioether (sulfide) groups is 1. The fourth-order valence-electron chi connectivity index (χ4n) is 2.52. The number of hydrogen-bond donors (Lipinski definition) is 1. The second-order valence-electron chi connectivity index (χ2n) is 5.90. The normalized spacial score (nSPS) is 10.4. The van der Waals surface area contributed by atoms with Crippen LogP contribution in [0, 0.1) is 0 Å². The summed E-state index contributed by atoms with van der Waals surface area (Å²) in [6, 6.07) is 21.3. The average Bonchev–Trinajstić information content (AvgIpc) is 2.73. The van der Waals surface area contributed by atoms with Gasteiger partial charge in [-0.1, -0.05) is 29.8 Å². The summed E-state index contributed by atoms with van der Waals surface area (Å²) in [6.45, 7) is 0. The number of amides is 1. The first-order valence-electron chi connectivity index (χ1n) is 8.53. The minimum absolute atomic E-state index is 0.0222. The summed E-state index contributed by atoms with van der Waals surface area (Å²) in [5, 5.41) is 3.31. The van der Waals surface area contributed by atoms with E-state index < -0.39 is 0 Å².